The van der Waals surface area contributed by atoms with Gasteiger partial charge in [0, 0.05) is 98.6 Å². The first kappa shape index (κ1) is 45.8. The summed E-state index contributed by atoms with van der Waals surface area (Å²) in [5.74, 6) is 4.47. The molecule has 320 valence electrons. The average Bonchev–Trinajstić information content (AvgIpc) is 3.75. The topological polar surface area (TPSA) is 98.8 Å². The number of methoxy groups -OCH3 is 6. The Kier molecular flexibility index (Phi) is 15.5. The second-order valence-corrected chi connectivity index (χ2v) is 14.7. The van der Waals surface area contributed by atoms with Crippen molar-refractivity contribution in [3.63, 3.8) is 0 Å². The molecule has 1 fully saturated rings. The number of hydrogen-bond acceptors (Lipinski definition) is 10. The monoisotopic (exact) mass is 858 g/mol. The number of fused-ring (bicyclic) bond motifs is 4. The van der Waals surface area contributed by atoms with E-state index in [2.05, 4.69) is 68.3 Å². The fourth-order valence-corrected chi connectivity index (χ4v) is 8.22. The molecule has 6 aromatic rings. The van der Waals surface area contributed by atoms with Crippen molar-refractivity contribution in [1.29, 1.82) is 5.26 Å². The molecule has 4 aromatic carbocycles. The van der Waals surface area contributed by atoms with E-state index in [1.54, 1.807) is 42.7 Å². The van der Waals surface area contributed by atoms with Crippen molar-refractivity contribution in [3.05, 3.63) is 84.2 Å². The van der Waals surface area contributed by atoms with Gasteiger partial charge in [-0.15, -0.1) is 24.8 Å². The third-order valence-electron chi connectivity index (χ3n) is 11.5. The molecule has 2 aromatic heterocycles. The van der Waals surface area contributed by atoms with Crippen LogP contribution in [0.3, 0.4) is 0 Å². The zero-order valence-electron chi connectivity index (χ0n) is 35.7. The summed E-state index contributed by atoms with van der Waals surface area (Å²) < 4.78 is 37.4. The molecule has 2 aliphatic heterocycles. The molecule has 0 saturated carbocycles. The molecule has 0 N–H and O–H groups in total. The molecule has 0 aliphatic carbocycles. The number of benzene rings is 4. The molecule has 0 atom stereocenters. The molecule has 0 bridgehead atoms. The van der Waals surface area contributed by atoms with Gasteiger partial charge in [0.25, 0.3) is 0 Å². The first-order chi connectivity index (χ1) is 28.2. The molecule has 2 aliphatic rings. The zero-order chi connectivity index (χ0) is 40.9. The quantitative estimate of drug-likeness (QED) is 0.127. The van der Waals surface area contributed by atoms with Gasteiger partial charge in [-0.1, -0.05) is 24.3 Å². The third-order valence-corrected chi connectivity index (χ3v) is 11.5. The van der Waals surface area contributed by atoms with Gasteiger partial charge in [0.2, 0.25) is 0 Å². The first-order valence-electron chi connectivity index (χ1n) is 19.6. The Labute approximate surface area is 365 Å². The van der Waals surface area contributed by atoms with Gasteiger partial charge in [0.15, 0.2) is 23.0 Å². The van der Waals surface area contributed by atoms with Crippen LogP contribution in [0.25, 0.3) is 44.1 Å². The van der Waals surface area contributed by atoms with Gasteiger partial charge in [-0.3, -0.25) is 9.80 Å². The maximum Gasteiger partial charge on any atom is 0.162 e. The van der Waals surface area contributed by atoms with Crippen LogP contribution in [-0.4, -0.2) is 120 Å². The van der Waals surface area contributed by atoms with E-state index in [9.17, 15) is 5.26 Å². The molecule has 1 saturated heterocycles. The van der Waals surface area contributed by atoms with Gasteiger partial charge in [0.05, 0.1) is 53.7 Å². The first-order valence-corrected chi connectivity index (χ1v) is 19.6. The Morgan fingerprint density at radius 2 is 1.00 bits per heavy atom. The maximum atomic E-state index is 10.2. The Balaban J connectivity index is 0.000000224. The molecule has 4 heterocycles. The molecule has 8 rings (SSSR count). The van der Waals surface area contributed by atoms with Crippen LogP contribution in [0, 0.1) is 11.3 Å². The van der Waals surface area contributed by atoms with Crippen LogP contribution in [0.4, 0.5) is 0 Å². The summed E-state index contributed by atoms with van der Waals surface area (Å²) in [5, 5.41) is 12.4. The minimum absolute atomic E-state index is 0. The number of piperazine rings is 1. The summed E-state index contributed by atoms with van der Waals surface area (Å²) in [5.41, 5.74) is 8.46. The number of nitrogens with zero attached hydrogens (tertiary/aromatic N) is 6. The van der Waals surface area contributed by atoms with Gasteiger partial charge >= 0.3 is 0 Å². The zero-order valence-corrected chi connectivity index (χ0v) is 37.4. The molecular formula is C46H56Cl2N6O6. The maximum absolute atomic E-state index is 10.2. The van der Waals surface area contributed by atoms with E-state index in [0.29, 0.717) is 17.2 Å². The highest BCUT2D eigenvalue weighted by Crippen LogP contribution is 2.43. The smallest absolute Gasteiger partial charge is 0.162 e. The van der Waals surface area contributed by atoms with E-state index in [1.165, 1.54) is 27.7 Å². The van der Waals surface area contributed by atoms with Crippen molar-refractivity contribution in [3.8, 4) is 62.8 Å². The predicted octanol–water partition coefficient (Wildman–Crippen LogP) is 8.08. The molecule has 0 radical (unpaired) electrons. The van der Waals surface area contributed by atoms with E-state index in [-0.39, 0.29) is 24.8 Å². The van der Waals surface area contributed by atoms with Crippen molar-refractivity contribution in [2.45, 2.75) is 19.6 Å². The Morgan fingerprint density at radius 3 is 1.50 bits per heavy atom. The van der Waals surface area contributed by atoms with E-state index in [4.69, 9.17) is 28.4 Å². The number of likely N-dealkylation sites (N-methyl/N-ethyl adjacent to an activating group) is 2. The van der Waals surface area contributed by atoms with Crippen molar-refractivity contribution < 1.29 is 28.4 Å². The number of nitriles is 1. The van der Waals surface area contributed by atoms with Crippen molar-refractivity contribution >= 4 is 46.6 Å². The van der Waals surface area contributed by atoms with E-state index >= 15 is 0 Å². The Morgan fingerprint density at radius 1 is 0.533 bits per heavy atom. The number of halogens is 2. The van der Waals surface area contributed by atoms with E-state index in [0.717, 1.165) is 104 Å². The third kappa shape index (κ3) is 9.06. The summed E-state index contributed by atoms with van der Waals surface area (Å²) in [6.45, 7) is 8.76. The van der Waals surface area contributed by atoms with Crippen molar-refractivity contribution in [1.82, 2.24) is 23.8 Å². The summed E-state index contributed by atoms with van der Waals surface area (Å²) in [6.07, 6.45) is 0. The van der Waals surface area contributed by atoms with Crippen LogP contribution in [0.2, 0.25) is 0 Å². The normalized spacial score (nSPS) is 14.2. The van der Waals surface area contributed by atoms with E-state index in [1.807, 2.05) is 48.5 Å². The lowest BCUT2D eigenvalue weighted by Gasteiger charge is -2.32. The fraction of sp³-hybridized carbons (Fsp3) is 0.370. The number of ether oxygens (including phenoxy) is 6. The lowest BCUT2D eigenvalue weighted by molar-refractivity contribution is 0.150. The lowest BCUT2D eigenvalue weighted by atomic mass is 10.0. The molecule has 0 spiro atoms. The number of rotatable bonds is 11. The van der Waals surface area contributed by atoms with Crippen LogP contribution >= 0.6 is 24.8 Å². The van der Waals surface area contributed by atoms with Crippen LogP contribution in [0.15, 0.2) is 72.8 Å². The lowest BCUT2D eigenvalue weighted by Crippen LogP contribution is -2.45. The molecule has 14 heteroatoms. The fourth-order valence-electron chi connectivity index (χ4n) is 8.22. The highest BCUT2D eigenvalue weighted by molar-refractivity contribution is 6.02. The highest BCUT2D eigenvalue weighted by atomic mass is 35.5. The summed E-state index contributed by atoms with van der Waals surface area (Å²) in [4.78, 5) is 7.16. The minimum atomic E-state index is 0. The highest BCUT2D eigenvalue weighted by Gasteiger charge is 2.26. The van der Waals surface area contributed by atoms with Gasteiger partial charge in [-0.25, -0.2) is 0 Å². The molecule has 12 nitrogen and oxygen atoms in total. The second-order valence-electron chi connectivity index (χ2n) is 14.7. The van der Waals surface area contributed by atoms with Crippen LogP contribution in [0.5, 0.6) is 34.5 Å². The van der Waals surface area contributed by atoms with Gasteiger partial charge in [0.1, 0.15) is 23.3 Å². The molecule has 0 amide bonds. The Bertz CT molecular complexity index is 2420. The van der Waals surface area contributed by atoms with Gasteiger partial charge in [-0.05, 0) is 61.6 Å². The summed E-state index contributed by atoms with van der Waals surface area (Å²) >= 11 is 0. The van der Waals surface area contributed by atoms with Crippen LogP contribution in [0.1, 0.15) is 11.4 Å². The minimum Gasteiger partial charge on any atom is -0.497 e. The second kappa shape index (κ2) is 20.3. The van der Waals surface area contributed by atoms with Gasteiger partial charge in [-0.2, -0.15) is 5.26 Å². The largest absolute Gasteiger partial charge is 0.497 e. The van der Waals surface area contributed by atoms with Gasteiger partial charge < -0.3 is 42.5 Å². The van der Waals surface area contributed by atoms with Crippen molar-refractivity contribution in [2.24, 2.45) is 0 Å². The van der Waals surface area contributed by atoms with Crippen LogP contribution < -0.4 is 28.4 Å². The molecule has 0 unspecified atom stereocenters. The standard InChI is InChI=1S/C25H30N4O3.C21H24N2O3.2ClH/c1-27-9-11-28(12-10-27)13-14-29-21-16-24(32-4)23(31-3)15-20(21)25(22(29)17-26)18-5-7-19(30-2)8-6-18;1-22-9-10-23-17-12-20(26-4)19(25-3)11-16(17)21(18(23)13-22)14-5-7-15(24-2)8-6-14;;/h5-8,15-16H,9-14H2,1-4H3;5-8,11-12H,9-10,13H2,1-4H3;2*1H. The number of aromatic nitrogens is 2. The summed E-state index contributed by atoms with van der Waals surface area (Å²) in [7, 11) is 14.3. The average molecular weight is 860 g/mol. The van der Waals surface area contributed by atoms with E-state index < -0.39 is 0 Å². The molecular weight excluding hydrogens is 803 g/mol. The summed E-state index contributed by atoms with van der Waals surface area (Å²) in [6, 6.07) is 26.7. The van der Waals surface area contributed by atoms with Crippen LogP contribution in [-0.2, 0) is 19.6 Å². The SMILES string of the molecule is COc1ccc(-c2c(C#N)n(CCN3CCN(C)CC3)c3cc(OC)c(OC)cc23)cc1.COc1ccc(-c2c3n(c4cc(OC)c(OC)cc24)CCN(C)C3)cc1.Cl.Cl. The Hall–Kier alpha value is -5.29. The predicted molar refractivity (Wildman–Crippen MR) is 244 cm³/mol. The molecule has 60 heavy (non-hydrogen) atoms. The van der Waals surface area contributed by atoms with Crippen molar-refractivity contribution in [2.75, 3.05) is 96.0 Å². The number of hydrogen-bond donors (Lipinski definition) is 0.